The van der Waals surface area contributed by atoms with Crippen molar-refractivity contribution in [2.45, 2.75) is 13.5 Å². The van der Waals surface area contributed by atoms with Crippen molar-refractivity contribution in [1.29, 1.82) is 0 Å². The highest BCUT2D eigenvalue weighted by Crippen LogP contribution is 2.17. The van der Waals surface area contributed by atoms with Gasteiger partial charge in [-0.1, -0.05) is 24.3 Å². The molecule has 2 amide bonds. The third-order valence-electron chi connectivity index (χ3n) is 5.03. The summed E-state index contributed by atoms with van der Waals surface area (Å²) < 4.78 is 5.11. The minimum absolute atomic E-state index is 0.00965. The Hall–Kier alpha value is -3.80. The molecule has 0 saturated carbocycles. The molecule has 0 fully saturated rings. The molecule has 0 aliphatic rings. The maximum Gasteiger partial charge on any atom is 0.255 e. The zero-order valence-electron chi connectivity index (χ0n) is 18.0. The fourth-order valence-corrected chi connectivity index (χ4v) is 3.06. The standard InChI is InChI=1S/C25H27N3O3/c1-18-6-4-5-7-20(18)17-28(2)24(29)16-26-21-10-8-19(9-11-21)25(30)27-22-12-14-23(31-3)15-13-22/h4-15,26H,16-17H2,1-3H3,(H,27,30). The van der Waals surface area contributed by atoms with Crippen LogP contribution in [0.4, 0.5) is 11.4 Å². The van der Waals surface area contributed by atoms with Gasteiger partial charge in [0, 0.05) is 30.5 Å². The highest BCUT2D eigenvalue weighted by atomic mass is 16.5. The van der Waals surface area contributed by atoms with Gasteiger partial charge in [-0.25, -0.2) is 0 Å². The predicted molar refractivity (Wildman–Crippen MR) is 124 cm³/mol. The molecule has 160 valence electrons. The number of ether oxygens (including phenoxy) is 1. The van der Waals surface area contributed by atoms with Gasteiger partial charge in [-0.2, -0.15) is 0 Å². The Bertz CT molecular complexity index is 1030. The second-order valence-corrected chi connectivity index (χ2v) is 7.29. The van der Waals surface area contributed by atoms with E-state index in [2.05, 4.69) is 10.6 Å². The Morgan fingerprint density at radius 1 is 0.903 bits per heavy atom. The minimum Gasteiger partial charge on any atom is -0.497 e. The average molecular weight is 418 g/mol. The third-order valence-corrected chi connectivity index (χ3v) is 5.03. The molecule has 6 heteroatoms. The van der Waals surface area contributed by atoms with E-state index >= 15 is 0 Å². The first-order valence-corrected chi connectivity index (χ1v) is 10.0. The molecule has 3 aromatic carbocycles. The minimum atomic E-state index is -0.203. The predicted octanol–water partition coefficient (Wildman–Crippen LogP) is 4.33. The molecule has 0 aliphatic carbocycles. The van der Waals surface area contributed by atoms with Crippen molar-refractivity contribution in [3.8, 4) is 5.75 Å². The molecule has 2 N–H and O–H groups in total. The number of rotatable bonds is 8. The molecule has 0 aromatic heterocycles. The molecular formula is C25H27N3O3. The van der Waals surface area contributed by atoms with Gasteiger partial charge in [0.1, 0.15) is 5.75 Å². The molecule has 0 aliphatic heterocycles. The van der Waals surface area contributed by atoms with Gasteiger partial charge >= 0.3 is 0 Å². The van der Waals surface area contributed by atoms with Gasteiger partial charge in [0.25, 0.3) is 5.91 Å². The van der Waals surface area contributed by atoms with E-state index in [1.807, 2.05) is 31.2 Å². The van der Waals surface area contributed by atoms with Crippen LogP contribution >= 0.6 is 0 Å². The molecule has 31 heavy (non-hydrogen) atoms. The number of hydrogen-bond donors (Lipinski definition) is 2. The molecule has 0 bridgehead atoms. The molecule has 0 heterocycles. The van der Waals surface area contributed by atoms with Crippen molar-refractivity contribution < 1.29 is 14.3 Å². The number of likely N-dealkylation sites (N-methyl/N-ethyl adjacent to an activating group) is 1. The summed E-state index contributed by atoms with van der Waals surface area (Å²) in [6.45, 7) is 2.79. The Kier molecular flexibility index (Phi) is 7.27. The zero-order chi connectivity index (χ0) is 22.2. The topological polar surface area (TPSA) is 70.7 Å². The van der Waals surface area contributed by atoms with Crippen molar-refractivity contribution >= 4 is 23.2 Å². The molecule has 0 unspecified atom stereocenters. The van der Waals surface area contributed by atoms with Crippen LogP contribution < -0.4 is 15.4 Å². The van der Waals surface area contributed by atoms with E-state index in [4.69, 9.17) is 4.74 Å². The van der Waals surface area contributed by atoms with E-state index in [9.17, 15) is 9.59 Å². The monoisotopic (exact) mass is 417 g/mol. The van der Waals surface area contributed by atoms with E-state index in [1.54, 1.807) is 67.6 Å². The number of carbonyl (C=O) groups is 2. The zero-order valence-corrected chi connectivity index (χ0v) is 18.0. The smallest absolute Gasteiger partial charge is 0.255 e. The summed E-state index contributed by atoms with van der Waals surface area (Å²) in [6.07, 6.45) is 0. The second-order valence-electron chi connectivity index (χ2n) is 7.29. The van der Waals surface area contributed by atoms with Gasteiger partial charge in [-0.3, -0.25) is 9.59 Å². The van der Waals surface area contributed by atoms with Crippen molar-refractivity contribution in [2.24, 2.45) is 0 Å². The Balaban J connectivity index is 1.50. The molecule has 3 aromatic rings. The van der Waals surface area contributed by atoms with E-state index in [-0.39, 0.29) is 18.4 Å². The number of benzene rings is 3. The van der Waals surface area contributed by atoms with Crippen molar-refractivity contribution in [3.05, 3.63) is 89.5 Å². The van der Waals surface area contributed by atoms with Gasteiger partial charge in [-0.15, -0.1) is 0 Å². The second kappa shape index (κ2) is 10.3. The van der Waals surface area contributed by atoms with Crippen molar-refractivity contribution in [3.63, 3.8) is 0 Å². The number of amides is 2. The summed E-state index contributed by atoms with van der Waals surface area (Å²) >= 11 is 0. The van der Waals surface area contributed by atoms with E-state index in [0.29, 0.717) is 17.8 Å². The molecule has 3 rings (SSSR count). The molecule has 0 saturated heterocycles. The Labute approximate surface area is 182 Å². The molecule has 0 radical (unpaired) electrons. The third kappa shape index (κ3) is 6.09. The van der Waals surface area contributed by atoms with E-state index < -0.39 is 0 Å². The van der Waals surface area contributed by atoms with E-state index in [1.165, 1.54) is 5.56 Å². The number of anilines is 2. The SMILES string of the molecule is COc1ccc(NC(=O)c2ccc(NCC(=O)N(C)Cc3ccccc3C)cc2)cc1. The maximum absolute atomic E-state index is 12.4. The van der Waals surface area contributed by atoms with Crippen LogP contribution in [0.1, 0.15) is 21.5 Å². The maximum atomic E-state index is 12.4. The lowest BCUT2D eigenvalue weighted by molar-refractivity contribution is -0.128. The lowest BCUT2D eigenvalue weighted by Crippen LogP contribution is -2.32. The van der Waals surface area contributed by atoms with Gasteiger partial charge in [0.15, 0.2) is 0 Å². The lowest BCUT2D eigenvalue weighted by Gasteiger charge is -2.19. The molecule has 0 spiro atoms. The van der Waals surface area contributed by atoms with Gasteiger partial charge in [0.2, 0.25) is 5.91 Å². The molecule has 0 atom stereocenters. The number of nitrogens with zero attached hydrogens (tertiary/aromatic N) is 1. The Morgan fingerprint density at radius 3 is 2.19 bits per heavy atom. The van der Waals surface area contributed by atoms with Crippen LogP contribution in [-0.2, 0) is 11.3 Å². The number of carbonyl (C=O) groups excluding carboxylic acids is 2. The van der Waals surface area contributed by atoms with Gasteiger partial charge in [0.05, 0.1) is 13.7 Å². The highest BCUT2D eigenvalue weighted by molar-refractivity contribution is 6.04. The van der Waals surface area contributed by atoms with Crippen LogP contribution in [0.3, 0.4) is 0 Å². The summed E-state index contributed by atoms with van der Waals surface area (Å²) in [4.78, 5) is 26.6. The van der Waals surface area contributed by atoms with Crippen LogP contribution in [0, 0.1) is 6.92 Å². The fraction of sp³-hybridized carbons (Fsp3) is 0.200. The normalized spacial score (nSPS) is 10.3. The first-order chi connectivity index (χ1) is 15.0. The number of aryl methyl sites for hydroxylation is 1. The van der Waals surface area contributed by atoms with Gasteiger partial charge in [-0.05, 0) is 66.6 Å². The first-order valence-electron chi connectivity index (χ1n) is 10.0. The Morgan fingerprint density at radius 2 is 1.55 bits per heavy atom. The van der Waals surface area contributed by atoms with Crippen LogP contribution in [-0.4, -0.2) is 37.4 Å². The summed E-state index contributed by atoms with van der Waals surface area (Å²) in [5, 5.41) is 5.96. The summed E-state index contributed by atoms with van der Waals surface area (Å²) in [7, 11) is 3.39. The van der Waals surface area contributed by atoms with Crippen LogP contribution in [0.2, 0.25) is 0 Å². The first kappa shape index (κ1) is 21.9. The lowest BCUT2D eigenvalue weighted by atomic mass is 10.1. The number of nitrogens with one attached hydrogen (secondary N) is 2. The van der Waals surface area contributed by atoms with Crippen molar-refractivity contribution in [2.75, 3.05) is 31.3 Å². The van der Waals surface area contributed by atoms with E-state index in [0.717, 1.165) is 17.0 Å². The number of hydrogen-bond acceptors (Lipinski definition) is 4. The molecule has 6 nitrogen and oxygen atoms in total. The average Bonchev–Trinajstić information content (AvgIpc) is 2.79. The van der Waals surface area contributed by atoms with Gasteiger partial charge < -0.3 is 20.3 Å². The highest BCUT2D eigenvalue weighted by Gasteiger charge is 2.11. The summed E-state index contributed by atoms with van der Waals surface area (Å²) in [6, 6.07) is 22.2. The van der Waals surface area contributed by atoms with Crippen molar-refractivity contribution in [1.82, 2.24) is 4.90 Å². The number of methoxy groups -OCH3 is 1. The largest absolute Gasteiger partial charge is 0.497 e. The quantitative estimate of drug-likeness (QED) is 0.572. The van der Waals surface area contributed by atoms with Crippen LogP contribution in [0.15, 0.2) is 72.8 Å². The summed E-state index contributed by atoms with van der Waals surface area (Å²) in [5.41, 5.74) is 4.29. The fourth-order valence-electron chi connectivity index (χ4n) is 3.06. The van der Waals surface area contributed by atoms with Crippen LogP contribution in [0.25, 0.3) is 0 Å². The van der Waals surface area contributed by atoms with Crippen LogP contribution in [0.5, 0.6) is 5.75 Å². The molecular weight excluding hydrogens is 390 g/mol. The summed E-state index contributed by atoms with van der Waals surface area (Å²) in [5.74, 6) is 0.517.